The molecule has 2 saturated heterocycles. The standard InChI is InChI=1S/C19H17N3O4/c1-3-19(2)9-21(10-19)11-4-5-12-13(8-11)18(26)22(17(12)25)14-6-7-15(23)20-16(14)24/h1,4-5,8,14H,6-7,9-10H2,2H3,(H,20,23,24). The van der Waals surface area contributed by atoms with E-state index in [-0.39, 0.29) is 35.3 Å². The Morgan fingerprint density at radius 2 is 1.85 bits per heavy atom. The third-order valence-electron chi connectivity index (χ3n) is 5.22. The molecule has 0 aliphatic carbocycles. The molecule has 3 aliphatic heterocycles. The summed E-state index contributed by atoms with van der Waals surface area (Å²) in [5, 5.41) is 2.19. The van der Waals surface area contributed by atoms with Crippen LogP contribution in [-0.4, -0.2) is 47.7 Å². The number of nitrogens with zero attached hydrogens (tertiary/aromatic N) is 2. The molecule has 4 rings (SSSR count). The van der Waals surface area contributed by atoms with E-state index in [1.54, 1.807) is 18.2 Å². The van der Waals surface area contributed by atoms with Gasteiger partial charge in [0.2, 0.25) is 11.8 Å². The zero-order chi connectivity index (χ0) is 18.6. The molecule has 1 N–H and O–H groups in total. The minimum Gasteiger partial charge on any atom is -0.368 e. The van der Waals surface area contributed by atoms with Crippen LogP contribution in [0.1, 0.15) is 40.5 Å². The summed E-state index contributed by atoms with van der Waals surface area (Å²) < 4.78 is 0. The zero-order valence-corrected chi connectivity index (χ0v) is 14.2. The van der Waals surface area contributed by atoms with Gasteiger partial charge < -0.3 is 4.90 Å². The lowest BCUT2D eigenvalue weighted by Crippen LogP contribution is -2.54. The molecule has 26 heavy (non-hydrogen) atoms. The number of terminal acetylenes is 1. The summed E-state index contributed by atoms with van der Waals surface area (Å²) in [6.45, 7) is 3.36. The van der Waals surface area contributed by atoms with Gasteiger partial charge in [-0.1, -0.05) is 5.92 Å². The third-order valence-corrected chi connectivity index (χ3v) is 5.22. The van der Waals surface area contributed by atoms with E-state index < -0.39 is 23.8 Å². The Bertz CT molecular complexity index is 908. The van der Waals surface area contributed by atoms with Crippen LogP contribution in [0.2, 0.25) is 0 Å². The van der Waals surface area contributed by atoms with E-state index in [1.165, 1.54) is 0 Å². The first-order valence-electron chi connectivity index (χ1n) is 8.41. The number of anilines is 1. The molecular formula is C19H17N3O4. The maximum absolute atomic E-state index is 12.8. The lowest BCUT2D eigenvalue weighted by molar-refractivity contribution is -0.136. The highest BCUT2D eigenvalue weighted by atomic mass is 16.2. The van der Waals surface area contributed by atoms with Gasteiger partial charge in [-0.05, 0) is 31.5 Å². The van der Waals surface area contributed by atoms with Crippen molar-refractivity contribution in [3.8, 4) is 12.3 Å². The minimum absolute atomic E-state index is 0.105. The molecule has 0 aromatic heterocycles. The Hall–Kier alpha value is -3.14. The number of benzene rings is 1. The van der Waals surface area contributed by atoms with Crippen LogP contribution in [0.25, 0.3) is 0 Å². The van der Waals surface area contributed by atoms with Crippen LogP contribution >= 0.6 is 0 Å². The largest absolute Gasteiger partial charge is 0.368 e. The van der Waals surface area contributed by atoms with Gasteiger partial charge in [0.15, 0.2) is 0 Å². The molecule has 3 aliphatic rings. The number of fused-ring (bicyclic) bond motifs is 1. The molecule has 7 heteroatoms. The minimum atomic E-state index is -0.947. The highest BCUT2D eigenvalue weighted by molar-refractivity contribution is 6.23. The first-order chi connectivity index (χ1) is 12.3. The average molecular weight is 351 g/mol. The van der Waals surface area contributed by atoms with Crippen LogP contribution in [0.15, 0.2) is 18.2 Å². The SMILES string of the molecule is C#CC1(C)CN(c2ccc3c(c2)C(=O)N(C2CCC(=O)NC2=O)C3=O)C1. The predicted molar refractivity (Wildman–Crippen MR) is 92.3 cm³/mol. The van der Waals surface area contributed by atoms with Crippen molar-refractivity contribution in [1.29, 1.82) is 0 Å². The van der Waals surface area contributed by atoms with Crippen LogP contribution < -0.4 is 10.2 Å². The van der Waals surface area contributed by atoms with Crippen LogP contribution in [0.4, 0.5) is 5.69 Å². The molecule has 3 heterocycles. The number of hydrogen-bond donors (Lipinski definition) is 1. The molecule has 2 fully saturated rings. The molecule has 1 unspecified atom stereocenters. The summed E-state index contributed by atoms with van der Waals surface area (Å²) in [6, 6.07) is 4.13. The summed E-state index contributed by atoms with van der Waals surface area (Å²) in [6.07, 6.45) is 5.77. The molecule has 1 aromatic carbocycles. The Morgan fingerprint density at radius 3 is 2.50 bits per heavy atom. The maximum Gasteiger partial charge on any atom is 0.262 e. The number of amides is 4. The van der Waals surface area contributed by atoms with Gasteiger partial charge in [-0.2, -0.15) is 0 Å². The Balaban J connectivity index is 1.60. The van der Waals surface area contributed by atoms with Crippen molar-refractivity contribution in [3.63, 3.8) is 0 Å². The molecule has 0 spiro atoms. The van der Waals surface area contributed by atoms with Crippen molar-refractivity contribution in [2.75, 3.05) is 18.0 Å². The number of carbonyl (C=O) groups is 4. The monoisotopic (exact) mass is 351 g/mol. The van der Waals surface area contributed by atoms with Crippen LogP contribution in [-0.2, 0) is 9.59 Å². The van der Waals surface area contributed by atoms with Crippen molar-refractivity contribution in [2.24, 2.45) is 5.41 Å². The Morgan fingerprint density at radius 1 is 1.15 bits per heavy atom. The van der Waals surface area contributed by atoms with E-state index >= 15 is 0 Å². The van der Waals surface area contributed by atoms with E-state index in [2.05, 4.69) is 11.2 Å². The van der Waals surface area contributed by atoms with E-state index in [0.717, 1.165) is 10.6 Å². The second kappa shape index (κ2) is 5.43. The van der Waals surface area contributed by atoms with E-state index in [1.807, 2.05) is 11.8 Å². The number of rotatable bonds is 2. The fourth-order valence-electron chi connectivity index (χ4n) is 3.73. The average Bonchev–Trinajstić information content (AvgIpc) is 2.83. The molecule has 0 saturated carbocycles. The first-order valence-corrected chi connectivity index (χ1v) is 8.41. The first kappa shape index (κ1) is 16.3. The Labute approximate surface area is 150 Å². The Kier molecular flexibility index (Phi) is 3.41. The van der Waals surface area contributed by atoms with Gasteiger partial charge in [-0.25, -0.2) is 0 Å². The highest BCUT2D eigenvalue weighted by Crippen LogP contribution is 2.36. The van der Waals surface area contributed by atoms with Crippen molar-refractivity contribution in [3.05, 3.63) is 29.3 Å². The van der Waals surface area contributed by atoms with E-state index in [0.29, 0.717) is 13.1 Å². The number of imide groups is 2. The van der Waals surface area contributed by atoms with Gasteiger partial charge in [0.05, 0.1) is 16.5 Å². The van der Waals surface area contributed by atoms with Gasteiger partial charge in [-0.15, -0.1) is 6.42 Å². The predicted octanol–water partition coefficient (Wildman–Crippen LogP) is 0.547. The van der Waals surface area contributed by atoms with Crippen molar-refractivity contribution < 1.29 is 19.2 Å². The van der Waals surface area contributed by atoms with Crippen molar-refractivity contribution in [1.82, 2.24) is 10.2 Å². The summed E-state index contributed by atoms with van der Waals surface area (Å²) >= 11 is 0. The highest BCUT2D eigenvalue weighted by Gasteiger charge is 2.45. The topological polar surface area (TPSA) is 86.8 Å². The summed E-state index contributed by atoms with van der Waals surface area (Å²) in [5.41, 5.74) is 1.20. The fraction of sp³-hybridized carbons (Fsp3) is 0.368. The molecule has 7 nitrogen and oxygen atoms in total. The zero-order valence-electron chi connectivity index (χ0n) is 14.2. The summed E-state index contributed by atoms with van der Waals surface area (Å²) in [4.78, 5) is 51.8. The van der Waals surface area contributed by atoms with Gasteiger partial charge in [0, 0.05) is 25.2 Å². The van der Waals surface area contributed by atoms with Crippen LogP contribution in [0.3, 0.4) is 0 Å². The number of piperidine rings is 1. The number of nitrogens with one attached hydrogen (secondary N) is 1. The molecule has 0 radical (unpaired) electrons. The van der Waals surface area contributed by atoms with Crippen LogP contribution in [0.5, 0.6) is 0 Å². The van der Waals surface area contributed by atoms with Crippen molar-refractivity contribution >= 4 is 29.3 Å². The lowest BCUT2D eigenvalue weighted by Gasteiger charge is -2.46. The number of carbonyl (C=O) groups excluding carboxylic acids is 4. The van der Waals surface area contributed by atoms with Gasteiger partial charge in [-0.3, -0.25) is 29.4 Å². The molecule has 0 bridgehead atoms. The van der Waals surface area contributed by atoms with Crippen LogP contribution in [0, 0.1) is 17.8 Å². The summed E-state index contributed by atoms with van der Waals surface area (Å²) in [7, 11) is 0. The molecule has 1 atom stereocenters. The van der Waals surface area contributed by atoms with Gasteiger partial charge in [0.25, 0.3) is 11.8 Å². The molecule has 4 amide bonds. The van der Waals surface area contributed by atoms with E-state index in [4.69, 9.17) is 6.42 Å². The maximum atomic E-state index is 12.8. The van der Waals surface area contributed by atoms with Crippen molar-refractivity contribution in [2.45, 2.75) is 25.8 Å². The fourth-order valence-corrected chi connectivity index (χ4v) is 3.73. The second-order valence-corrected chi connectivity index (χ2v) is 7.24. The number of hydrogen-bond acceptors (Lipinski definition) is 5. The lowest BCUT2D eigenvalue weighted by atomic mass is 9.82. The molecular weight excluding hydrogens is 334 g/mol. The van der Waals surface area contributed by atoms with E-state index in [9.17, 15) is 19.2 Å². The van der Waals surface area contributed by atoms with Gasteiger partial charge in [0.1, 0.15) is 6.04 Å². The molecule has 1 aromatic rings. The normalized spacial score (nSPS) is 24.1. The van der Waals surface area contributed by atoms with Gasteiger partial charge >= 0.3 is 0 Å². The third kappa shape index (κ3) is 2.30. The smallest absolute Gasteiger partial charge is 0.262 e. The summed E-state index contributed by atoms with van der Waals surface area (Å²) in [5.74, 6) is 0.768. The molecule has 132 valence electrons. The second-order valence-electron chi connectivity index (χ2n) is 7.24. The quantitative estimate of drug-likeness (QED) is 0.621.